The van der Waals surface area contributed by atoms with Gasteiger partial charge in [0, 0.05) is 54.1 Å². The molecule has 0 unspecified atom stereocenters. The van der Waals surface area contributed by atoms with Crippen LogP contribution in [0.15, 0.2) is 59.0 Å². The van der Waals surface area contributed by atoms with Gasteiger partial charge < -0.3 is 19.9 Å². The number of allylic oxidation sites excluding steroid dienone is 2. The van der Waals surface area contributed by atoms with Gasteiger partial charge in [-0.1, -0.05) is 40.3 Å². The zero-order valence-electron chi connectivity index (χ0n) is 25.1. The summed E-state index contributed by atoms with van der Waals surface area (Å²) in [5.74, 6) is 2.10. The van der Waals surface area contributed by atoms with Gasteiger partial charge >= 0.3 is 0 Å². The topological polar surface area (TPSA) is 78.4 Å². The Morgan fingerprint density at radius 2 is 2.10 bits per heavy atom. The van der Waals surface area contributed by atoms with E-state index in [-0.39, 0.29) is 5.41 Å². The third kappa shape index (κ3) is 6.70. The van der Waals surface area contributed by atoms with Crippen LogP contribution in [0.1, 0.15) is 58.3 Å². The molecule has 0 saturated heterocycles. The Morgan fingerprint density at radius 1 is 1.27 bits per heavy atom. The number of hydrogen-bond donors (Lipinski definition) is 2. The van der Waals surface area contributed by atoms with Crippen molar-refractivity contribution in [2.45, 2.75) is 60.4 Å². The minimum absolute atomic E-state index is 0.187. The molecule has 0 atom stereocenters. The molecule has 0 bridgehead atoms. The first-order chi connectivity index (χ1) is 19.6. The number of alkyl halides is 1. The molecular formula is C33H43FN6O. The summed E-state index contributed by atoms with van der Waals surface area (Å²) >= 11 is 0. The molecule has 5 rings (SSSR count). The number of fused-ring (bicyclic) bond motifs is 2. The van der Waals surface area contributed by atoms with Crippen LogP contribution in [0.5, 0.6) is 5.75 Å². The highest BCUT2D eigenvalue weighted by atomic mass is 19.1. The van der Waals surface area contributed by atoms with E-state index in [9.17, 15) is 4.39 Å². The van der Waals surface area contributed by atoms with Gasteiger partial charge in [-0.05, 0) is 66.9 Å². The second-order valence-electron chi connectivity index (χ2n) is 12.4. The van der Waals surface area contributed by atoms with Crippen molar-refractivity contribution in [2.24, 2.45) is 16.3 Å². The Hall–Kier alpha value is -3.52. The van der Waals surface area contributed by atoms with E-state index in [4.69, 9.17) is 9.73 Å². The minimum Gasteiger partial charge on any atom is -0.491 e. The molecule has 1 aromatic carbocycles. The van der Waals surface area contributed by atoms with Gasteiger partial charge in [0.25, 0.3) is 0 Å². The van der Waals surface area contributed by atoms with Crippen molar-refractivity contribution >= 4 is 16.9 Å². The lowest BCUT2D eigenvalue weighted by atomic mass is 9.72. The Bertz CT molecular complexity index is 1480. The summed E-state index contributed by atoms with van der Waals surface area (Å²) in [6, 6.07) is 8.55. The van der Waals surface area contributed by atoms with Crippen LogP contribution in [0.4, 0.5) is 4.39 Å². The van der Waals surface area contributed by atoms with E-state index in [2.05, 4.69) is 83.7 Å². The molecule has 0 radical (unpaired) electrons. The van der Waals surface area contributed by atoms with Crippen LogP contribution < -0.4 is 10.1 Å². The molecule has 2 aliphatic rings. The predicted molar refractivity (Wildman–Crippen MR) is 165 cm³/mol. The molecule has 3 heterocycles. The standard InChI is InChI=1S/C33H43FN6O/c1-21(2)31(27-17-33(5,6)10-9-28(27)37-22(3)18-35-12-11-34)40-13-14-41-30-8-7-24(15-26(30)20-40)25-16-29-32(36-19-25)39-23(4)38-29/h7-8,15-16,19,21,35H,3,9-14,17-18,20H2,1-2,4-6H3,(H,36,38,39)/b31-27+,37-28?. The highest BCUT2D eigenvalue weighted by Gasteiger charge is 2.33. The Balaban J connectivity index is 1.50. The van der Waals surface area contributed by atoms with Gasteiger partial charge in [-0.2, -0.15) is 0 Å². The molecule has 7 nitrogen and oxygen atoms in total. The van der Waals surface area contributed by atoms with Crippen molar-refractivity contribution in [2.75, 3.05) is 32.9 Å². The number of benzene rings is 1. The number of H-pyrrole nitrogens is 1. The zero-order valence-corrected chi connectivity index (χ0v) is 25.1. The van der Waals surface area contributed by atoms with E-state index in [0.717, 1.165) is 83.2 Å². The average Bonchev–Trinajstić information content (AvgIpc) is 3.17. The summed E-state index contributed by atoms with van der Waals surface area (Å²) in [4.78, 5) is 19.8. The van der Waals surface area contributed by atoms with Crippen molar-refractivity contribution in [3.8, 4) is 16.9 Å². The average molecular weight is 559 g/mol. The van der Waals surface area contributed by atoms with Crippen LogP contribution >= 0.6 is 0 Å². The number of hydrogen-bond acceptors (Lipinski definition) is 6. The number of pyridine rings is 1. The predicted octanol–water partition coefficient (Wildman–Crippen LogP) is 6.76. The molecule has 3 aromatic rings. The maximum atomic E-state index is 12.6. The number of aromatic amines is 1. The van der Waals surface area contributed by atoms with Crippen LogP contribution in [-0.4, -0.2) is 58.5 Å². The maximum Gasteiger partial charge on any atom is 0.177 e. The molecule has 0 amide bonds. The lowest BCUT2D eigenvalue weighted by Gasteiger charge is -2.38. The highest BCUT2D eigenvalue weighted by molar-refractivity contribution is 6.02. The molecule has 1 saturated carbocycles. The van der Waals surface area contributed by atoms with Gasteiger partial charge in [-0.15, -0.1) is 0 Å². The number of nitrogens with one attached hydrogen (secondary N) is 2. The summed E-state index contributed by atoms with van der Waals surface area (Å²) in [5.41, 5.74) is 9.70. The third-order valence-electron chi connectivity index (χ3n) is 7.96. The van der Waals surface area contributed by atoms with Gasteiger partial charge in [0.05, 0.1) is 12.1 Å². The SMILES string of the molecule is C=C(CNCCF)N=C1CCC(C)(C)C/C1=C(/C(C)C)N1CCOc2ccc(-c3cnc4nc(C)[nH]c4c3)cc2C1. The quantitative estimate of drug-likeness (QED) is 0.299. The van der Waals surface area contributed by atoms with Gasteiger partial charge in [-0.25, -0.2) is 14.4 Å². The Kier molecular flexibility index (Phi) is 8.59. The van der Waals surface area contributed by atoms with Gasteiger partial charge in [0.1, 0.15) is 24.9 Å². The van der Waals surface area contributed by atoms with Gasteiger partial charge in [0.15, 0.2) is 5.65 Å². The number of aromatic nitrogens is 3. The molecule has 1 aliphatic heterocycles. The molecule has 218 valence electrons. The summed E-state index contributed by atoms with van der Waals surface area (Å²) in [6.07, 6.45) is 4.84. The number of ether oxygens (including phenoxy) is 1. The van der Waals surface area contributed by atoms with Crippen molar-refractivity contribution in [3.05, 3.63) is 65.4 Å². The number of aliphatic imine (C=N–C) groups is 1. The molecule has 2 N–H and O–H groups in total. The first-order valence-corrected chi connectivity index (χ1v) is 14.7. The fraction of sp³-hybridized carbons (Fsp3) is 0.485. The number of aryl methyl sites for hydroxylation is 1. The maximum absolute atomic E-state index is 12.6. The number of halogens is 1. The highest BCUT2D eigenvalue weighted by Crippen LogP contribution is 2.41. The van der Waals surface area contributed by atoms with Gasteiger partial charge in [-0.3, -0.25) is 4.99 Å². The smallest absolute Gasteiger partial charge is 0.177 e. The van der Waals surface area contributed by atoms with Crippen LogP contribution in [0.25, 0.3) is 22.3 Å². The molecule has 1 aliphatic carbocycles. The molecular weight excluding hydrogens is 515 g/mol. The largest absolute Gasteiger partial charge is 0.491 e. The summed E-state index contributed by atoms with van der Waals surface area (Å²) in [5, 5.41) is 3.09. The van der Waals surface area contributed by atoms with Crippen LogP contribution in [0.3, 0.4) is 0 Å². The van der Waals surface area contributed by atoms with E-state index in [1.54, 1.807) is 0 Å². The number of rotatable bonds is 8. The first kappa shape index (κ1) is 29.0. The normalized spacial score (nSPS) is 19.3. The van der Waals surface area contributed by atoms with Crippen LogP contribution in [0.2, 0.25) is 0 Å². The zero-order chi connectivity index (χ0) is 29.1. The minimum atomic E-state index is -0.394. The monoisotopic (exact) mass is 558 g/mol. The second kappa shape index (κ2) is 12.1. The van der Waals surface area contributed by atoms with Crippen molar-refractivity contribution in [1.29, 1.82) is 0 Å². The van der Waals surface area contributed by atoms with E-state index >= 15 is 0 Å². The fourth-order valence-electron chi connectivity index (χ4n) is 6.03. The Morgan fingerprint density at radius 3 is 2.88 bits per heavy atom. The summed E-state index contributed by atoms with van der Waals surface area (Å²) in [7, 11) is 0. The van der Waals surface area contributed by atoms with Crippen molar-refractivity contribution in [1.82, 2.24) is 25.2 Å². The van der Waals surface area contributed by atoms with E-state index < -0.39 is 6.67 Å². The summed E-state index contributed by atoms with van der Waals surface area (Å²) in [6.45, 7) is 17.9. The van der Waals surface area contributed by atoms with Crippen LogP contribution in [0, 0.1) is 18.3 Å². The van der Waals surface area contributed by atoms with E-state index in [1.165, 1.54) is 11.3 Å². The molecule has 41 heavy (non-hydrogen) atoms. The van der Waals surface area contributed by atoms with Crippen LogP contribution in [-0.2, 0) is 6.54 Å². The van der Waals surface area contributed by atoms with E-state index in [0.29, 0.717) is 25.6 Å². The number of nitrogens with zero attached hydrogens (tertiary/aromatic N) is 4. The first-order valence-electron chi connectivity index (χ1n) is 14.7. The third-order valence-corrected chi connectivity index (χ3v) is 7.96. The molecule has 0 spiro atoms. The molecule has 2 aromatic heterocycles. The number of imidazole rings is 1. The van der Waals surface area contributed by atoms with E-state index in [1.807, 2.05) is 13.1 Å². The fourth-order valence-corrected chi connectivity index (χ4v) is 6.03. The lowest BCUT2D eigenvalue weighted by molar-refractivity contribution is 0.244. The molecule has 1 fully saturated rings. The van der Waals surface area contributed by atoms with Crippen molar-refractivity contribution < 1.29 is 9.13 Å². The Labute approximate surface area is 243 Å². The lowest BCUT2D eigenvalue weighted by Crippen LogP contribution is -2.34. The van der Waals surface area contributed by atoms with Gasteiger partial charge in [0.2, 0.25) is 0 Å². The second-order valence-corrected chi connectivity index (χ2v) is 12.4. The summed E-state index contributed by atoms with van der Waals surface area (Å²) < 4.78 is 18.9. The van der Waals surface area contributed by atoms with Crippen molar-refractivity contribution in [3.63, 3.8) is 0 Å². The molecule has 8 heteroatoms.